The molecule has 0 atom stereocenters. The average molecular weight is 84.2 g/mol. The first kappa shape index (κ1) is 2.78. The van der Waals surface area contributed by atoms with Crippen LogP contribution in [0.1, 0.15) is 0 Å². The van der Waals surface area contributed by atoms with E-state index >= 15 is 0 Å². The van der Waals surface area contributed by atoms with Gasteiger partial charge in [-0.05, 0) is 0 Å². The summed E-state index contributed by atoms with van der Waals surface area (Å²) in [6.07, 6.45) is 1.89. The van der Waals surface area contributed by atoms with Gasteiger partial charge >= 0.3 is 0 Å². The van der Waals surface area contributed by atoms with Crippen LogP contribution in [0.25, 0.3) is 0 Å². The topological polar surface area (TPSA) is 29.9 Å². The van der Waals surface area contributed by atoms with Crippen molar-refractivity contribution in [3.63, 3.8) is 0 Å². The number of hydrogen-bond donors (Lipinski definition) is 1. The highest BCUT2D eigenvalue weighted by Gasteiger charge is 1.50. The molecule has 1 aromatic heterocycles. The van der Waals surface area contributed by atoms with E-state index in [0.29, 0.717) is 0 Å². The largest absolute Gasteiger partial charge is 0.385 e. The number of H-pyrrole nitrogens is 2. The number of aromatic nitrogens is 2. The molecule has 3 heteroatoms. The Bertz CT molecular complexity index is 64.1. The molecule has 0 amide bonds. The molecule has 1 rings (SSSR count). The molecule has 0 bridgehead atoms. The first-order valence-corrected chi connectivity index (χ1v) is 2.49. The Morgan fingerprint density at radius 3 is 3.00 bits per heavy atom. The van der Waals surface area contributed by atoms with Crippen molar-refractivity contribution in [3.8, 4) is 0 Å². The van der Waals surface area contributed by atoms with E-state index in [-0.39, 0.29) is 0 Å². The van der Waals surface area contributed by atoms with Crippen molar-refractivity contribution in [3.05, 3.63) is 11.9 Å². The van der Waals surface area contributed by atoms with Crippen LogP contribution in [0.15, 0.2) is 11.9 Å². The third-order valence-electron chi connectivity index (χ3n) is 0.394. The molecular weight excluding hydrogens is 80.1 g/mol. The summed E-state index contributed by atoms with van der Waals surface area (Å²) in [6.45, 7) is 0. The first-order chi connectivity index (χ1) is 2.50. The lowest BCUT2D eigenvalue weighted by atomic mass is 11.0. The summed E-state index contributed by atoms with van der Waals surface area (Å²) < 4.78 is 2.89. The maximum Gasteiger partial charge on any atom is 0.149 e. The maximum absolute atomic E-state index is 2.89. The highest BCUT2D eigenvalue weighted by molar-refractivity contribution is 6.19. The molecule has 2 N–H and O–H groups in total. The van der Waals surface area contributed by atoms with Crippen molar-refractivity contribution in [2.45, 2.75) is 0 Å². The van der Waals surface area contributed by atoms with Crippen LogP contribution in [0, 0.1) is 0 Å². The van der Waals surface area contributed by atoms with Crippen molar-refractivity contribution in [1.29, 1.82) is 0 Å². The summed E-state index contributed by atoms with van der Waals surface area (Å²) in [6, 6.07) is 0. The van der Waals surface area contributed by atoms with Crippen molar-refractivity contribution in [1.82, 2.24) is 4.75 Å². The third-order valence-corrected chi connectivity index (χ3v) is 1.02. The Balaban J connectivity index is 3.13. The van der Waals surface area contributed by atoms with Gasteiger partial charge in [0.15, 0.2) is 0 Å². The lowest BCUT2D eigenvalue weighted by molar-refractivity contribution is -0.444. The smallest absolute Gasteiger partial charge is 0.149 e. The van der Waals surface area contributed by atoms with Gasteiger partial charge in [0, 0.05) is 0 Å². The minimum atomic E-state index is 0.767. The molecule has 0 aliphatic heterocycles. The van der Waals surface area contributed by atoms with Crippen LogP contribution >= 0.6 is 0 Å². The Hall–Kier alpha value is -0.443. The predicted octanol–water partition coefficient (Wildman–Crippen LogP) is -0.833. The Labute approximate surface area is 32.1 Å². The minimum Gasteiger partial charge on any atom is -0.385 e. The van der Waals surface area contributed by atoms with E-state index in [1.807, 2.05) is 11.9 Å². The van der Waals surface area contributed by atoms with Gasteiger partial charge < -0.3 is 4.75 Å². The molecule has 0 spiro atoms. The summed E-state index contributed by atoms with van der Waals surface area (Å²) in [5, 5.41) is 2.80. The fraction of sp³-hybridized carbons (Fsp3) is 0. The summed E-state index contributed by atoms with van der Waals surface area (Å²) in [5.41, 5.74) is 2.04. The molecule has 0 unspecified atom stereocenters. The van der Waals surface area contributed by atoms with Gasteiger partial charge in [-0.15, -0.1) is 0 Å². The molecule has 1 aromatic rings. The van der Waals surface area contributed by atoms with Gasteiger partial charge in [0.05, 0.1) is 0 Å². The summed E-state index contributed by atoms with van der Waals surface area (Å²) >= 11 is 0. The summed E-state index contributed by atoms with van der Waals surface area (Å²) in [7, 11) is 0.767. The zero-order valence-corrected chi connectivity index (χ0v) is 3.65. The van der Waals surface area contributed by atoms with Crippen LogP contribution < -0.4 is 5.10 Å². The van der Waals surface area contributed by atoms with Crippen molar-refractivity contribution in [2.75, 3.05) is 0 Å². The van der Waals surface area contributed by atoms with Gasteiger partial charge in [0.2, 0.25) is 0 Å². The summed E-state index contributed by atoms with van der Waals surface area (Å²) in [5.74, 6) is 0. The van der Waals surface area contributed by atoms with Crippen LogP contribution in [0.4, 0.5) is 0 Å². The van der Waals surface area contributed by atoms with E-state index in [0.717, 1.165) is 9.29 Å². The standard InChI is InChI=1S/C2H3N2Si/c1-2-5-4-3-1/h1-2,4H/q-1/p+1. The number of nitrogens with one attached hydrogen (secondary N) is 2. The second kappa shape index (κ2) is 1.12. The van der Waals surface area contributed by atoms with Crippen LogP contribution in [-0.2, 0) is 0 Å². The molecule has 0 fully saturated rings. The Kier molecular flexibility index (Phi) is 0.622. The zero-order chi connectivity index (χ0) is 3.54. The number of rotatable bonds is 0. The normalized spacial score (nSPS) is 8.00. The van der Waals surface area contributed by atoms with Crippen molar-refractivity contribution < 1.29 is 5.10 Å². The Morgan fingerprint density at radius 1 is 1.80 bits per heavy atom. The fourth-order valence-corrected chi connectivity index (χ4v) is 0.625. The highest BCUT2D eigenvalue weighted by atomic mass is 28.2. The second-order valence-corrected chi connectivity index (χ2v) is 1.62. The molecule has 26 valence electrons. The van der Waals surface area contributed by atoms with E-state index in [9.17, 15) is 0 Å². The van der Waals surface area contributed by atoms with E-state index in [1.54, 1.807) is 0 Å². The molecule has 0 aliphatic rings. The molecule has 0 radical (unpaired) electrons. The van der Waals surface area contributed by atoms with Gasteiger partial charge in [0.1, 0.15) is 6.20 Å². The lowest BCUT2D eigenvalue weighted by Crippen LogP contribution is -1.97. The van der Waals surface area contributed by atoms with Gasteiger partial charge in [-0.3, -0.25) is 0 Å². The fourth-order valence-electron chi connectivity index (χ4n) is 0.208. The summed E-state index contributed by atoms with van der Waals surface area (Å²) in [4.78, 5) is 0. The van der Waals surface area contributed by atoms with E-state index < -0.39 is 0 Å². The van der Waals surface area contributed by atoms with Gasteiger partial charge in [-0.25, -0.2) is 9.29 Å². The molecule has 0 saturated carbocycles. The molecule has 0 aliphatic carbocycles. The van der Waals surface area contributed by atoms with Crippen molar-refractivity contribution in [2.24, 2.45) is 0 Å². The maximum atomic E-state index is 2.89. The van der Waals surface area contributed by atoms with E-state index in [2.05, 4.69) is 9.85 Å². The average Bonchev–Trinajstić information content (AvgIpc) is 1.76. The number of hydrogen-bond acceptors (Lipinski definition) is 0. The molecule has 2 nitrogen and oxygen atoms in total. The zero-order valence-electron chi connectivity index (χ0n) is 2.65. The monoisotopic (exact) mass is 84.0 g/mol. The molecule has 0 saturated heterocycles. The third kappa shape index (κ3) is 0.415. The number of aromatic amines is 2. The lowest BCUT2D eigenvalue weighted by Gasteiger charge is -1.60. The van der Waals surface area contributed by atoms with Crippen molar-refractivity contribution >= 4 is 9.29 Å². The first-order valence-electron chi connectivity index (χ1n) is 1.41. The molecule has 0 aromatic carbocycles. The van der Waals surface area contributed by atoms with Crippen LogP contribution in [0.3, 0.4) is 0 Å². The molecule has 5 heavy (non-hydrogen) atoms. The quantitative estimate of drug-likeness (QED) is 0.398. The second-order valence-electron chi connectivity index (χ2n) is 0.747. The predicted molar refractivity (Wildman–Crippen MR) is 18.7 cm³/mol. The Morgan fingerprint density at radius 2 is 2.80 bits per heavy atom. The molecule has 1 heterocycles. The van der Waals surface area contributed by atoms with E-state index in [4.69, 9.17) is 0 Å². The SMILES string of the molecule is c1c[si-][nH][nH+]1. The van der Waals surface area contributed by atoms with Crippen LogP contribution in [0.2, 0.25) is 0 Å². The van der Waals surface area contributed by atoms with Gasteiger partial charge in [0.25, 0.3) is 0 Å². The van der Waals surface area contributed by atoms with Crippen LogP contribution in [0.5, 0.6) is 0 Å². The van der Waals surface area contributed by atoms with Crippen LogP contribution in [-0.4, -0.2) is 14.0 Å². The minimum absolute atomic E-state index is 0.767. The highest BCUT2D eigenvalue weighted by Crippen LogP contribution is 1.46. The van der Waals surface area contributed by atoms with Gasteiger partial charge in [-0.1, -0.05) is 0 Å². The molecular formula is C2H4N2Si. The van der Waals surface area contributed by atoms with Gasteiger partial charge in [-0.2, -0.15) is 10.8 Å². The van der Waals surface area contributed by atoms with E-state index in [1.165, 1.54) is 0 Å².